The summed E-state index contributed by atoms with van der Waals surface area (Å²) in [6.45, 7) is 3.28. The quantitative estimate of drug-likeness (QED) is 0.831. The zero-order valence-corrected chi connectivity index (χ0v) is 14.5. The lowest BCUT2D eigenvalue weighted by Gasteiger charge is -2.39. The van der Waals surface area contributed by atoms with Gasteiger partial charge in [0, 0.05) is 12.1 Å². The third kappa shape index (κ3) is 7.12. The second-order valence-electron chi connectivity index (χ2n) is 7.26. The Morgan fingerprint density at radius 2 is 1.29 bits per heavy atom. The van der Waals surface area contributed by atoms with Crippen molar-refractivity contribution in [3.05, 3.63) is 0 Å². The molecule has 2 aliphatic carbocycles. The van der Waals surface area contributed by atoms with Crippen molar-refractivity contribution in [1.82, 2.24) is 4.90 Å². The molecule has 21 heavy (non-hydrogen) atoms. The standard InChI is InChI=1S/C13H25N.C5H12O2/c1-14(12-8-4-2-5-9-12)13-10-6-3-7-11-13;1-3-5(2,7)4-6/h12-13H,2-11H2,1H3;6-7H,3-4H2,1-2H3. The molecule has 126 valence electrons. The number of aliphatic hydroxyl groups excluding tert-OH is 1. The maximum Gasteiger partial charge on any atom is 0.0846 e. The highest BCUT2D eigenvalue weighted by molar-refractivity contribution is 4.81. The molecule has 1 unspecified atom stereocenters. The van der Waals surface area contributed by atoms with Crippen LogP contribution < -0.4 is 0 Å². The predicted octanol–water partition coefficient (Wildman–Crippen LogP) is 3.72. The third-order valence-electron chi connectivity index (χ3n) is 5.40. The lowest BCUT2D eigenvalue weighted by Crippen LogP contribution is -2.42. The first kappa shape index (κ1) is 18.9. The van der Waals surface area contributed by atoms with Crippen molar-refractivity contribution in [3.63, 3.8) is 0 Å². The first-order valence-electron chi connectivity index (χ1n) is 9.05. The van der Waals surface area contributed by atoms with Crippen LogP contribution in [0.4, 0.5) is 0 Å². The van der Waals surface area contributed by atoms with E-state index in [-0.39, 0.29) is 6.61 Å². The van der Waals surface area contributed by atoms with Gasteiger partial charge in [0.2, 0.25) is 0 Å². The maximum absolute atomic E-state index is 8.88. The molecule has 0 spiro atoms. The minimum absolute atomic E-state index is 0.149. The number of hydrogen-bond donors (Lipinski definition) is 2. The normalized spacial score (nSPS) is 24.3. The largest absolute Gasteiger partial charge is 0.393 e. The minimum Gasteiger partial charge on any atom is -0.393 e. The molecule has 2 rings (SSSR count). The van der Waals surface area contributed by atoms with Gasteiger partial charge in [-0.1, -0.05) is 45.4 Å². The lowest BCUT2D eigenvalue weighted by molar-refractivity contribution is -0.00107. The molecule has 2 N–H and O–H groups in total. The molecule has 0 heterocycles. The zero-order valence-electron chi connectivity index (χ0n) is 14.5. The Balaban J connectivity index is 0.000000270. The molecule has 0 aromatic carbocycles. The molecule has 0 aromatic heterocycles. The molecule has 0 bridgehead atoms. The molecule has 0 radical (unpaired) electrons. The van der Waals surface area contributed by atoms with E-state index in [2.05, 4.69) is 11.9 Å². The van der Waals surface area contributed by atoms with E-state index < -0.39 is 5.60 Å². The topological polar surface area (TPSA) is 43.7 Å². The van der Waals surface area contributed by atoms with Crippen LogP contribution in [0, 0.1) is 0 Å². The third-order valence-corrected chi connectivity index (χ3v) is 5.40. The Bertz CT molecular complexity index is 232. The maximum atomic E-state index is 8.88. The Hall–Kier alpha value is -0.120. The fraction of sp³-hybridized carbons (Fsp3) is 1.00. The van der Waals surface area contributed by atoms with Gasteiger partial charge in [-0.05, 0) is 46.1 Å². The summed E-state index contributed by atoms with van der Waals surface area (Å²) >= 11 is 0. The lowest BCUT2D eigenvalue weighted by atomic mass is 9.89. The van der Waals surface area contributed by atoms with Crippen LogP contribution in [-0.4, -0.2) is 46.5 Å². The van der Waals surface area contributed by atoms with E-state index in [1.54, 1.807) is 6.92 Å². The average Bonchev–Trinajstić information content (AvgIpc) is 2.56. The van der Waals surface area contributed by atoms with E-state index in [0.717, 1.165) is 12.1 Å². The van der Waals surface area contributed by atoms with E-state index >= 15 is 0 Å². The van der Waals surface area contributed by atoms with E-state index in [1.165, 1.54) is 64.2 Å². The van der Waals surface area contributed by atoms with Crippen molar-refractivity contribution in [1.29, 1.82) is 0 Å². The van der Waals surface area contributed by atoms with Gasteiger partial charge in [0.1, 0.15) is 0 Å². The molecule has 2 saturated carbocycles. The smallest absolute Gasteiger partial charge is 0.0846 e. The van der Waals surface area contributed by atoms with Gasteiger partial charge < -0.3 is 15.1 Å². The van der Waals surface area contributed by atoms with Crippen molar-refractivity contribution >= 4 is 0 Å². The first-order chi connectivity index (χ1) is 10.00. The highest BCUT2D eigenvalue weighted by atomic mass is 16.3. The fourth-order valence-electron chi connectivity index (χ4n) is 3.39. The van der Waals surface area contributed by atoms with Crippen LogP contribution in [0.5, 0.6) is 0 Å². The summed E-state index contributed by atoms with van der Waals surface area (Å²) < 4.78 is 0. The molecule has 0 saturated heterocycles. The van der Waals surface area contributed by atoms with Gasteiger partial charge in [-0.2, -0.15) is 0 Å². The minimum atomic E-state index is -0.861. The van der Waals surface area contributed by atoms with Crippen LogP contribution in [-0.2, 0) is 0 Å². The molecule has 2 fully saturated rings. The van der Waals surface area contributed by atoms with Gasteiger partial charge in [-0.25, -0.2) is 0 Å². The van der Waals surface area contributed by atoms with Crippen molar-refractivity contribution in [2.75, 3.05) is 13.7 Å². The van der Waals surface area contributed by atoms with Crippen LogP contribution in [0.25, 0.3) is 0 Å². The van der Waals surface area contributed by atoms with E-state index in [0.29, 0.717) is 6.42 Å². The zero-order chi connectivity index (χ0) is 15.7. The average molecular weight is 299 g/mol. The summed E-state index contributed by atoms with van der Waals surface area (Å²) in [6.07, 6.45) is 15.3. The van der Waals surface area contributed by atoms with Crippen molar-refractivity contribution in [2.24, 2.45) is 0 Å². The van der Waals surface area contributed by atoms with Crippen LogP contribution in [0.2, 0.25) is 0 Å². The highest BCUT2D eigenvalue weighted by Gasteiger charge is 2.25. The predicted molar refractivity (Wildman–Crippen MR) is 89.5 cm³/mol. The van der Waals surface area contributed by atoms with Crippen LogP contribution in [0.3, 0.4) is 0 Å². The summed E-state index contributed by atoms with van der Waals surface area (Å²) in [7, 11) is 2.38. The Kier molecular flexibility index (Phi) is 8.84. The Morgan fingerprint density at radius 1 is 0.905 bits per heavy atom. The van der Waals surface area contributed by atoms with Gasteiger partial charge in [0.15, 0.2) is 0 Å². The molecule has 0 amide bonds. The monoisotopic (exact) mass is 299 g/mol. The molecule has 3 heteroatoms. The summed E-state index contributed by atoms with van der Waals surface area (Å²) in [6, 6.07) is 1.85. The SMILES string of the molecule is CCC(C)(O)CO.CN(C1CCCCC1)C1CCCCC1. The second-order valence-corrected chi connectivity index (χ2v) is 7.26. The van der Waals surface area contributed by atoms with E-state index in [9.17, 15) is 0 Å². The van der Waals surface area contributed by atoms with Gasteiger partial charge in [0.05, 0.1) is 12.2 Å². The first-order valence-corrected chi connectivity index (χ1v) is 9.05. The fourth-order valence-corrected chi connectivity index (χ4v) is 3.39. The number of aliphatic hydroxyl groups is 2. The molecule has 3 nitrogen and oxygen atoms in total. The van der Waals surface area contributed by atoms with Crippen LogP contribution in [0.1, 0.15) is 84.5 Å². The van der Waals surface area contributed by atoms with E-state index in [4.69, 9.17) is 10.2 Å². The van der Waals surface area contributed by atoms with Crippen molar-refractivity contribution < 1.29 is 10.2 Å². The van der Waals surface area contributed by atoms with E-state index in [1.807, 2.05) is 6.92 Å². The Morgan fingerprint density at radius 3 is 1.52 bits per heavy atom. The van der Waals surface area contributed by atoms with Crippen molar-refractivity contribution in [3.8, 4) is 0 Å². The summed E-state index contributed by atoms with van der Waals surface area (Å²) in [4.78, 5) is 2.72. The number of rotatable bonds is 4. The van der Waals surface area contributed by atoms with Gasteiger partial charge in [-0.15, -0.1) is 0 Å². The van der Waals surface area contributed by atoms with Crippen LogP contribution >= 0.6 is 0 Å². The van der Waals surface area contributed by atoms with Gasteiger partial charge >= 0.3 is 0 Å². The molecule has 2 aliphatic rings. The summed E-state index contributed by atoms with van der Waals surface area (Å²) in [5.41, 5.74) is -0.861. The van der Waals surface area contributed by atoms with Gasteiger partial charge in [0.25, 0.3) is 0 Å². The van der Waals surface area contributed by atoms with Crippen molar-refractivity contribution in [2.45, 2.75) is 102 Å². The highest BCUT2D eigenvalue weighted by Crippen LogP contribution is 2.28. The summed E-state index contributed by atoms with van der Waals surface area (Å²) in [5, 5.41) is 17.2. The molecule has 0 aromatic rings. The van der Waals surface area contributed by atoms with Gasteiger partial charge in [-0.3, -0.25) is 0 Å². The second kappa shape index (κ2) is 9.81. The molecular formula is C18H37NO2. The number of nitrogens with zero attached hydrogens (tertiary/aromatic N) is 1. The van der Waals surface area contributed by atoms with Crippen LogP contribution in [0.15, 0.2) is 0 Å². The molecule has 1 atom stereocenters. The Labute approximate surface area is 131 Å². The molecule has 0 aliphatic heterocycles. The summed E-state index contributed by atoms with van der Waals surface area (Å²) in [5.74, 6) is 0. The molecular weight excluding hydrogens is 262 g/mol. The number of hydrogen-bond acceptors (Lipinski definition) is 3.